The predicted molar refractivity (Wildman–Crippen MR) is 55.9 cm³/mol. The number of aldehydes is 1. The number of rotatable bonds is 5. The fourth-order valence-electron chi connectivity index (χ4n) is 1.65. The Morgan fingerprint density at radius 3 is 2.80 bits per heavy atom. The van der Waals surface area contributed by atoms with E-state index in [0.717, 1.165) is 37.9 Å². The summed E-state index contributed by atoms with van der Waals surface area (Å²) >= 11 is 0. The van der Waals surface area contributed by atoms with Crippen LogP contribution in [-0.2, 0) is 6.54 Å². The van der Waals surface area contributed by atoms with Gasteiger partial charge in [-0.2, -0.15) is 0 Å². The monoisotopic (exact) mass is 208 g/mol. The fraction of sp³-hybridized carbons (Fsp3) is 0.700. The zero-order valence-electron chi connectivity index (χ0n) is 9.18. The van der Waals surface area contributed by atoms with E-state index in [9.17, 15) is 4.79 Å². The van der Waals surface area contributed by atoms with Gasteiger partial charge in [0, 0.05) is 12.5 Å². The van der Waals surface area contributed by atoms with Gasteiger partial charge in [0.2, 0.25) is 0 Å². The molecule has 0 amide bonds. The molecule has 0 aromatic carbocycles. The number of carbonyl (C=O) groups excluding carboxylic acids is 1. The maximum atomic E-state index is 10.8. The predicted octanol–water partition coefficient (Wildman–Crippen LogP) is 0.530. The largest absolute Gasteiger partial charge is 0.308 e. The Hall–Kier alpha value is -1.23. The number of nitrogens with zero attached hydrogens (tertiary/aromatic N) is 4. The third kappa shape index (κ3) is 2.23. The van der Waals surface area contributed by atoms with Crippen molar-refractivity contribution in [3.05, 3.63) is 11.4 Å². The molecule has 0 N–H and O–H groups in total. The molecule has 0 saturated heterocycles. The lowest BCUT2D eigenvalue weighted by Crippen LogP contribution is -2.20. The quantitative estimate of drug-likeness (QED) is 0.662. The zero-order chi connectivity index (χ0) is 10.8. The highest BCUT2D eigenvalue weighted by atomic mass is 16.1. The second kappa shape index (κ2) is 4.10. The van der Waals surface area contributed by atoms with E-state index in [4.69, 9.17) is 0 Å². The molecule has 15 heavy (non-hydrogen) atoms. The van der Waals surface area contributed by atoms with E-state index in [1.54, 1.807) is 0 Å². The van der Waals surface area contributed by atoms with Gasteiger partial charge in [-0.1, -0.05) is 5.21 Å². The number of likely N-dealkylation sites (N-methyl/N-ethyl adjacent to an activating group) is 1. The van der Waals surface area contributed by atoms with Crippen LogP contribution in [-0.4, -0.2) is 46.8 Å². The fourth-order valence-corrected chi connectivity index (χ4v) is 1.65. The number of hydrogen-bond acceptors (Lipinski definition) is 4. The number of aromatic nitrogens is 3. The van der Waals surface area contributed by atoms with Gasteiger partial charge in [0.15, 0.2) is 6.29 Å². The van der Waals surface area contributed by atoms with Crippen LogP contribution >= 0.6 is 0 Å². The molecule has 2 rings (SSSR count). The Balaban J connectivity index is 2.15. The molecule has 1 aromatic heterocycles. The Bertz CT molecular complexity index is 354. The third-order valence-corrected chi connectivity index (χ3v) is 2.64. The minimum Gasteiger partial charge on any atom is -0.308 e. The van der Waals surface area contributed by atoms with E-state index in [1.165, 1.54) is 0 Å². The lowest BCUT2D eigenvalue weighted by atomic mass is 10.2. The van der Waals surface area contributed by atoms with Crippen LogP contribution in [0.3, 0.4) is 0 Å². The lowest BCUT2D eigenvalue weighted by molar-refractivity contribution is 0.111. The van der Waals surface area contributed by atoms with Crippen LogP contribution in [0.5, 0.6) is 0 Å². The second-order valence-electron chi connectivity index (χ2n) is 4.28. The molecule has 1 aliphatic carbocycles. The Morgan fingerprint density at radius 2 is 2.27 bits per heavy atom. The highest BCUT2D eigenvalue weighted by Gasteiger charge is 2.30. The Morgan fingerprint density at radius 1 is 1.53 bits per heavy atom. The molecule has 1 aliphatic rings. The molecule has 1 saturated carbocycles. The van der Waals surface area contributed by atoms with Crippen molar-refractivity contribution >= 4 is 6.29 Å². The first-order valence-electron chi connectivity index (χ1n) is 5.25. The molecule has 0 aliphatic heterocycles. The highest BCUT2D eigenvalue weighted by molar-refractivity contribution is 5.73. The SMILES string of the molecule is CN(C)CCn1nnc(C=O)c1C1CC1. The topological polar surface area (TPSA) is 51.0 Å². The van der Waals surface area contributed by atoms with Crippen molar-refractivity contribution < 1.29 is 4.79 Å². The summed E-state index contributed by atoms with van der Waals surface area (Å²) in [4.78, 5) is 12.9. The first-order valence-corrected chi connectivity index (χ1v) is 5.25. The summed E-state index contributed by atoms with van der Waals surface area (Å²) in [7, 11) is 4.04. The zero-order valence-corrected chi connectivity index (χ0v) is 9.18. The molecule has 1 heterocycles. The van der Waals surface area contributed by atoms with Crippen LogP contribution in [0.1, 0.15) is 34.9 Å². The van der Waals surface area contributed by atoms with Crippen molar-refractivity contribution in [2.75, 3.05) is 20.6 Å². The van der Waals surface area contributed by atoms with Crippen LogP contribution in [0.25, 0.3) is 0 Å². The molecule has 0 unspecified atom stereocenters. The number of hydrogen-bond donors (Lipinski definition) is 0. The van der Waals surface area contributed by atoms with E-state index >= 15 is 0 Å². The van der Waals surface area contributed by atoms with E-state index in [0.29, 0.717) is 11.6 Å². The average Bonchev–Trinajstić information content (AvgIpc) is 2.96. The molecule has 0 spiro atoms. The Kier molecular flexibility index (Phi) is 2.81. The van der Waals surface area contributed by atoms with Gasteiger partial charge in [0.05, 0.1) is 12.2 Å². The highest BCUT2D eigenvalue weighted by Crippen LogP contribution is 2.40. The Labute approximate surface area is 89.1 Å². The van der Waals surface area contributed by atoms with E-state index in [-0.39, 0.29) is 0 Å². The van der Waals surface area contributed by atoms with Gasteiger partial charge in [-0.3, -0.25) is 4.79 Å². The minimum atomic E-state index is 0.516. The summed E-state index contributed by atoms with van der Waals surface area (Å²) in [6, 6.07) is 0. The molecule has 0 bridgehead atoms. The van der Waals surface area contributed by atoms with Crippen LogP contribution in [0, 0.1) is 0 Å². The van der Waals surface area contributed by atoms with E-state index in [2.05, 4.69) is 15.2 Å². The molecule has 1 fully saturated rings. The van der Waals surface area contributed by atoms with Crippen LogP contribution in [0.4, 0.5) is 0 Å². The first kappa shape index (κ1) is 10.3. The smallest absolute Gasteiger partial charge is 0.172 e. The summed E-state index contributed by atoms with van der Waals surface area (Å²) in [5.74, 6) is 0.516. The maximum Gasteiger partial charge on any atom is 0.172 e. The van der Waals surface area contributed by atoms with Crippen molar-refractivity contribution in [2.24, 2.45) is 0 Å². The molecular formula is C10H16N4O. The normalized spacial score (nSPS) is 15.9. The van der Waals surface area contributed by atoms with Gasteiger partial charge in [0.1, 0.15) is 5.69 Å². The van der Waals surface area contributed by atoms with Crippen molar-refractivity contribution in [1.82, 2.24) is 19.9 Å². The summed E-state index contributed by atoms with van der Waals surface area (Å²) in [6.07, 6.45) is 3.14. The van der Waals surface area contributed by atoms with E-state index in [1.807, 2.05) is 18.8 Å². The van der Waals surface area contributed by atoms with Gasteiger partial charge < -0.3 is 4.90 Å². The number of carbonyl (C=O) groups is 1. The van der Waals surface area contributed by atoms with Crippen molar-refractivity contribution in [2.45, 2.75) is 25.3 Å². The third-order valence-electron chi connectivity index (χ3n) is 2.64. The van der Waals surface area contributed by atoms with Crippen LogP contribution < -0.4 is 0 Å². The first-order chi connectivity index (χ1) is 7.22. The lowest BCUT2D eigenvalue weighted by Gasteiger charge is -2.10. The van der Waals surface area contributed by atoms with E-state index < -0.39 is 0 Å². The van der Waals surface area contributed by atoms with Gasteiger partial charge in [-0.25, -0.2) is 4.68 Å². The second-order valence-corrected chi connectivity index (χ2v) is 4.28. The van der Waals surface area contributed by atoms with Gasteiger partial charge in [0.25, 0.3) is 0 Å². The minimum absolute atomic E-state index is 0.516. The molecule has 5 heteroatoms. The van der Waals surface area contributed by atoms with Crippen molar-refractivity contribution in [3.8, 4) is 0 Å². The van der Waals surface area contributed by atoms with Crippen molar-refractivity contribution in [1.29, 1.82) is 0 Å². The molecule has 82 valence electrons. The average molecular weight is 208 g/mol. The van der Waals surface area contributed by atoms with Crippen LogP contribution in [0.2, 0.25) is 0 Å². The standard InChI is InChI=1S/C10H16N4O/c1-13(2)5-6-14-10(8-3-4-8)9(7-15)11-12-14/h7-8H,3-6H2,1-2H3. The van der Waals surface area contributed by atoms with Gasteiger partial charge in [-0.15, -0.1) is 5.10 Å². The molecular weight excluding hydrogens is 192 g/mol. The summed E-state index contributed by atoms with van der Waals surface area (Å²) in [5.41, 5.74) is 1.56. The summed E-state index contributed by atoms with van der Waals surface area (Å²) in [6.45, 7) is 1.72. The maximum absolute atomic E-state index is 10.8. The molecule has 0 radical (unpaired) electrons. The molecule has 5 nitrogen and oxygen atoms in total. The van der Waals surface area contributed by atoms with Crippen molar-refractivity contribution in [3.63, 3.8) is 0 Å². The summed E-state index contributed by atoms with van der Waals surface area (Å²) < 4.78 is 1.88. The molecule has 0 atom stereocenters. The van der Waals surface area contributed by atoms with Crippen LogP contribution in [0.15, 0.2) is 0 Å². The van der Waals surface area contributed by atoms with Gasteiger partial charge >= 0.3 is 0 Å². The summed E-state index contributed by atoms with van der Waals surface area (Å²) in [5, 5.41) is 7.93. The molecule has 1 aromatic rings. The van der Waals surface area contributed by atoms with Gasteiger partial charge in [-0.05, 0) is 26.9 Å².